The summed E-state index contributed by atoms with van der Waals surface area (Å²) in [6, 6.07) is 15.2. The van der Waals surface area contributed by atoms with Crippen molar-refractivity contribution in [1.29, 1.82) is 0 Å². The third-order valence-corrected chi connectivity index (χ3v) is 5.34. The molecular weight excluding hydrogens is 406 g/mol. The quantitative estimate of drug-likeness (QED) is 0.373. The summed E-state index contributed by atoms with van der Waals surface area (Å²) in [5.74, 6) is 2.38. The van der Waals surface area contributed by atoms with Gasteiger partial charge in [0.15, 0.2) is 5.96 Å². The molecule has 0 radical (unpaired) electrons. The lowest BCUT2D eigenvalue weighted by Crippen LogP contribution is -2.52. The molecule has 2 aromatic carbocycles. The molecule has 0 atom stereocenters. The molecule has 1 aliphatic rings. The van der Waals surface area contributed by atoms with Gasteiger partial charge in [-0.05, 0) is 43.3 Å². The second-order valence-electron chi connectivity index (χ2n) is 7.40. The normalized spacial score (nSPS) is 14.2. The summed E-state index contributed by atoms with van der Waals surface area (Å²) in [6.45, 7) is 7.42. The van der Waals surface area contributed by atoms with Crippen molar-refractivity contribution in [3.63, 3.8) is 0 Å². The molecule has 1 amide bonds. The SMILES string of the molecule is CCNC(=NCCNC(=O)c1ccc(OC)cc1)N1CCN(c2cccc(OC)c2)CC1. The summed E-state index contributed by atoms with van der Waals surface area (Å²) in [6.07, 6.45) is 0. The molecular formula is C24H33N5O3. The Morgan fingerprint density at radius 2 is 1.69 bits per heavy atom. The monoisotopic (exact) mass is 439 g/mol. The van der Waals surface area contributed by atoms with Crippen LogP contribution in [0.4, 0.5) is 5.69 Å². The van der Waals surface area contributed by atoms with Crippen LogP contribution < -0.4 is 25.0 Å². The van der Waals surface area contributed by atoms with Crippen molar-refractivity contribution in [2.24, 2.45) is 4.99 Å². The Labute approximate surface area is 190 Å². The molecule has 1 aliphatic heterocycles. The summed E-state index contributed by atoms with van der Waals surface area (Å²) < 4.78 is 10.5. The van der Waals surface area contributed by atoms with Gasteiger partial charge in [-0.1, -0.05) is 6.07 Å². The maximum Gasteiger partial charge on any atom is 0.251 e. The number of guanidine groups is 1. The van der Waals surface area contributed by atoms with Crippen LogP contribution in [0.15, 0.2) is 53.5 Å². The van der Waals surface area contributed by atoms with E-state index in [1.807, 2.05) is 12.1 Å². The topological polar surface area (TPSA) is 78.4 Å². The van der Waals surface area contributed by atoms with Gasteiger partial charge in [-0.25, -0.2) is 0 Å². The second-order valence-corrected chi connectivity index (χ2v) is 7.40. The minimum Gasteiger partial charge on any atom is -0.497 e. The highest BCUT2D eigenvalue weighted by Gasteiger charge is 2.20. The second kappa shape index (κ2) is 11.8. The van der Waals surface area contributed by atoms with Crippen molar-refractivity contribution in [3.05, 3.63) is 54.1 Å². The highest BCUT2D eigenvalue weighted by atomic mass is 16.5. The summed E-state index contributed by atoms with van der Waals surface area (Å²) in [5, 5.41) is 6.29. The van der Waals surface area contributed by atoms with Crippen LogP contribution in [-0.2, 0) is 0 Å². The fourth-order valence-electron chi connectivity index (χ4n) is 3.59. The van der Waals surface area contributed by atoms with Crippen molar-refractivity contribution in [3.8, 4) is 11.5 Å². The van der Waals surface area contributed by atoms with Crippen LogP contribution in [0, 0.1) is 0 Å². The predicted molar refractivity (Wildman–Crippen MR) is 128 cm³/mol. The van der Waals surface area contributed by atoms with Crippen LogP contribution >= 0.6 is 0 Å². The zero-order valence-electron chi connectivity index (χ0n) is 19.1. The Hall–Kier alpha value is -3.42. The van der Waals surface area contributed by atoms with Crippen molar-refractivity contribution in [2.75, 3.05) is 64.9 Å². The molecule has 8 nitrogen and oxygen atoms in total. The number of benzene rings is 2. The van der Waals surface area contributed by atoms with Crippen molar-refractivity contribution in [2.45, 2.75) is 6.92 Å². The molecule has 2 N–H and O–H groups in total. The van der Waals surface area contributed by atoms with Gasteiger partial charge in [0.25, 0.3) is 5.91 Å². The first-order valence-electron chi connectivity index (χ1n) is 11.0. The average Bonchev–Trinajstić information content (AvgIpc) is 2.86. The van der Waals surface area contributed by atoms with Crippen molar-refractivity contribution < 1.29 is 14.3 Å². The molecule has 3 rings (SSSR count). The van der Waals surface area contributed by atoms with Gasteiger partial charge in [0.2, 0.25) is 0 Å². The summed E-state index contributed by atoms with van der Waals surface area (Å²) >= 11 is 0. The Morgan fingerprint density at radius 1 is 0.969 bits per heavy atom. The molecule has 8 heteroatoms. The van der Waals surface area contributed by atoms with Gasteiger partial charge in [-0.2, -0.15) is 0 Å². The average molecular weight is 440 g/mol. The number of nitrogens with zero attached hydrogens (tertiary/aromatic N) is 3. The molecule has 1 fully saturated rings. The number of piperazine rings is 1. The lowest BCUT2D eigenvalue weighted by atomic mass is 10.2. The van der Waals surface area contributed by atoms with Gasteiger partial charge in [0, 0.05) is 56.6 Å². The molecule has 0 unspecified atom stereocenters. The number of amides is 1. The first kappa shape index (κ1) is 23.2. The molecule has 0 aliphatic carbocycles. The molecule has 1 heterocycles. The number of hydrogen-bond acceptors (Lipinski definition) is 5. The lowest BCUT2D eigenvalue weighted by Gasteiger charge is -2.37. The highest BCUT2D eigenvalue weighted by molar-refractivity contribution is 5.94. The van der Waals surface area contributed by atoms with E-state index >= 15 is 0 Å². The largest absolute Gasteiger partial charge is 0.497 e. The van der Waals surface area contributed by atoms with Gasteiger partial charge < -0.3 is 29.9 Å². The van der Waals surface area contributed by atoms with Gasteiger partial charge in [-0.3, -0.25) is 9.79 Å². The van der Waals surface area contributed by atoms with Crippen LogP contribution in [0.1, 0.15) is 17.3 Å². The predicted octanol–water partition coefficient (Wildman–Crippen LogP) is 2.22. The number of hydrogen-bond donors (Lipinski definition) is 2. The fourth-order valence-corrected chi connectivity index (χ4v) is 3.59. The van der Waals surface area contributed by atoms with Gasteiger partial charge in [0.05, 0.1) is 20.8 Å². The Kier molecular flexibility index (Phi) is 8.60. The fraction of sp³-hybridized carbons (Fsp3) is 0.417. The van der Waals surface area contributed by atoms with Gasteiger partial charge >= 0.3 is 0 Å². The lowest BCUT2D eigenvalue weighted by molar-refractivity contribution is 0.0954. The smallest absolute Gasteiger partial charge is 0.251 e. The molecule has 2 aromatic rings. The van der Waals surface area contributed by atoms with Crippen LogP contribution in [0.3, 0.4) is 0 Å². The Bertz CT molecular complexity index is 893. The Morgan fingerprint density at radius 3 is 2.34 bits per heavy atom. The maximum atomic E-state index is 12.3. The van der Waals surface area contributed by atoms with E-state index in [9.17, 15) is 4.79 Å². The standard InChI is InChI=1S/C24H33N5O3/c1-4-25-24(27-13-12-26-23(30)19-8-10-21(31-2)11-9-19)29-16-14-28(15-17-29)20-6-5-7-22(18-20)32-3/h5-11,18H,4,12-17H2,1-3H3,(H,25,27)(H,26,30). The number of ether oxygens (including phenoxy) is 2. The first-order chi connectivity index (χ1) is 15.6. The molecule has 0 spiro atoms. The number of rotatable bonds is 8. The van der Waals surface area contributed by atoms with E-state index in [1.54, 1.807) is 38.5 Å². The number of aliphatic imine (C=N–C) groups is 1. The molecule has 172 valence electrons. The zero-order valence-corrected chi connectivity index (χ0v) is 19.1. The van der Waals surface area contributed by atoms with E-state index in [1.165, 1.54) is 5.69 Å². The van der Waals surface area contributed by atoms with E-state index < -0.39 is 0 Å². The van der Waals surface area contributed by atoms with E-state index in [2.05, 4.69) is 39.5 Å². The number of carbonyl (C=O) groups excluding carboxylic acids is 1. The summed E-state index contributed by atoms with van der Waals surface area (Å²) in [4.78, 5) is 21.6. The molecule has 0 aromatic heterocycles. The number of methoxy groups -OCH3 is 2. The third-order valence-electron chi connectivity index (χ3n) is 5.34. The van der Waals surface area contributed by atoms with Crippen LogP contribution in [0.2, 0.25) is 0 Å². The molecule has 32 heavy (non-hydrogen) atoms. The molecule has 0 bridgehead atoms. The highest BCUT2D eigenvalue weighted by Crippen LogP contribution is 2.22. The number of nitrogens with one attached hydrogen (secondary N) is 2. The van der Waals surface area contributed by atoms with E-state index in [-0.39, 0.29) is 5.91 Å². The zero-order chi connectivity index (χ0) is 22.8. The first-order valence-corrected chi connectivity index (χ1v) is 11.0. The van der Waals surface area contributed by atoms with Crippen LogP contribution in [0.5, 0.6) is 11.5 Å². The number of carbonyl (C=O) groups is 1. The minimum absolute atomic E-state index is 0.111. The van der Waals surface area contributed by atoms with E-state index in [4.69, 9.17) is 14.5 Å². The third kappa shape index (κ3) is 6.29. The van der Waals surface area contributed by atoms with E-state index in [0.717, 1.165) is 50.2 Å². The molecule has 1 saturated heterocycles. The maximum absolute atomic E-state index is 12.3. The summed E-state index contributed by atoms with van der Waals surface area (Å²) in [7, 11) is 3.29. The van der Waals surface area contributed by atoms with Crippen molar-refractivity contribution >= 4 is 17.6 Å². The molecule has 0 saturated carbocycles. The number of anilines is 1. The minimum atomic E-state index is -0.111. The van der Waals surface area contributed by atoms with Gasteiger partial charge in [0.1, 0.15) is 11.5 Å². The van der Waals surface area contributed by atoms with Crippen LogP contribution in [-0.4, -0.2) is 76.8 Å². The van der Waals surface area contributed by atoms with Crippen molar-refractivity contribution in [1.82, 2.24) is 15.5 Å². The van der Waals surface area contributed by atoms with E-state index in [0.29, 0.717) is 18.7 Å². The summed E-state index contributed by atoms with van der Waals surface area (Å²) in [5.41, 5.74) is 1.78. The van der Waals surface area contributed by atoms with Gasteiger partial charge in [-0.15, -0.1) is 0 Å². The Balaban J connectivity index is 1.49. The van der Waals surface area contributed by atoms with Crippen LogP contribution in [0.25, 0.3) is 0 Å².